The molecule has 0 heterocycles. The Morgan fingerprint density at radius 2 is 1.70 bits per heavy atom. The fourth-order valence-corrected chi connectivity index (χ4v) is 3.19. The van der Waals surface area contributed by atoms with Crippen molar-refractivity contribution in [3.8, 4) is 5.75 Å². The van der Waals surface area contributed by atoms with Crippen LogP contribution in [0.4, 0.5) is 0 Å². The van der Waals surface area contributed by atoms with E-state index in [9.17, 15) is 9.59 Å². The van der Waals surface area contributed by atoms with Crippen molar-refractivity contribution in [3.63, 3.8) is 0 Å². The van der Waals surface area contributed by atoms with Crippen LogP contribution in [0, 0.1) is 0 Å². The lowest BCUT2D eigenvalue weighted by molar-refractivity contribution is -0.121. The molecule has 0 atom stereocenters. The van der Waals surface area contributed by atoms with Gasteiger partial charge in [0.1, 0.15) is 5.75 Å². The number of ketones is 1. The first-order chi connectivity index (χ1) is 13.1. The highest BCUT2D eigenvalue weighted by molar-refractivity contribution is 5.98. The number of hydrogen-bond donors (Lipinski definition) is 1. The van der Waals surface area contributed by atoms with Crippen LogP contribution in [-0.2, 0) is 10.2 Å². The molecule has 0 spiro atoms. The quantitative estimate of drug-likeness (QED) is 0.639. The highest BCUT2D eigenvalue weighted by atomic mass is 16.5. The van der Waals surface area contributed by atoms with Crippen LogP contribution in [0.1, 0.15) is 54.9 Å². The van der Waals surface area contributed by atoms with Gasteiger partial charge in [-0.25, -0.2) is 0 Å². The van der Waals surface area contributed by atoms with Crippen molar-refractivity contribution < 1.29 is 14.3 Å². The predicted molar refractivity (Wildman–Crippen MR) is 106 cm³/mol. The van der Waals surface area contributed by atoms with Crippen LogP contribution in [0.15, 0.2) is 54.6 Å². The van der Waals surface area contributed by atoms with Crippen molar-refractivity contribution in [2.24, 2.45) is 0 Å². The van der Waals surface area contributed by atoms with Crippen molar-refractivity contribution in [1.29, 1.82) is 0 Å². The number of benzene rings is 2. The molecule has 142 valence electrons. The second kappa shape index (κ2) is 8.85. The van der Waals surface area contributed by atoms with Crippen molar-refractivity contribution >= 4 is 11.7 Å². The van der Waals surface area contributed by atoms with E-state index in [4.69, 9.17) is 4.74 Å². The summed E-state index contributed by atoms with van der Waals surface area (Å²) < 4.78 is 5.52. The van der Waals surface area contributed by atoms with Crippen LogP contribution in [0.2, 0.25) is 0 Å². The molecule has 3 rings (SSSR count). The number of hydrogen-bond acceptors (Lipinski definition) is 3. The van der Waals surface area contributed by atoms with E-state index < -0.39 is 0 Å². The van der Waals surface area contributed by atoms with Crippen LogP contribution in [0.25, 0.3) is 0 Å². The number of rotatable bonds is 10. The van der Waals surface area contributed by atoms with Gasteiger partial charge in [-0.1, -0.05) is 37.3 Å². The normalized spacial score (nSPS) is 14.4. The Morgan fingerprint density at radius 1 is 1.00 bits per heavy atom. The third kappa shape index (κ3) is 5.19. The van der Waals surface area contributed by atoms with Gasteiger partial charge in [-0.2, -0.15) is 0 Å². The number of amides is 1. The minimum Gasteiger partial charge on any atom is -0.494 e. The molecule has 1 N–H and O–H groups in total. The molecular formula is C23H27NO3. The lowest BCUT2D eigenvalue weighted by atomic mass is 9.96. The first kappa shape index (κ1) is 19.2. The maximum Gasteiger partial charge on any atom is 0.220 e. The Morgan fingerprint density at radius 3 is 2.33 bits per heavy atom. The van der Waals surface area contributed by atoms with Gasteiger partial charge in [-0.05, 0) is 49.1 Å². The molecule has 0 aliphatic heterocycles. The zero-order valence-corrected chi connectivity index (χ0v) is 15.9. The minimum atomic E-state index is -0.0616. The molecule has 0 aromatic heterocycles. The number of carbonyl (C=O) groups is 2. The molecule has 0 bridgehead atoms. The Labute approximate surface area is 160 Å². The summed E-state index contributed by atoms with van der Waals surface area (Å²) in [6.07, 6.45) is 3.59. The molecule has 0 radical (unpaired) electrons. The predicted octanol–water partition coefficient (Wildman–Crippen LogP) is 4.29. The lowest BCUT2D eigenvalue weighted by Crippen LogP contribution is -2.32. The highest BCUT2D eigenvalue weighted by Gasteiger charge is 2.44. The Hall–Kier alpha value is -2.62. The SMILES string of the molecule is CCCOc1ccc(C(=O)CCC(=O)NCC2(c3ccccc3)CC2)cc1. The van der Waals surface area contributed by atoms with E-state index in [1.54, 1.807) is 24.3 Å². The van der Waals surface area contributed by atoms with Crippen molar-refractivity contribution in [1.82, 2.24) is 5.32 Å². The van der Waals surface area contributed by atoms with E-state index in [0.717, 1.165) is 25.0 Å². The van der Waals surface area contributed by atoms with Gasteiger partial charge in [0.15, 0.2) is 5.78 Å². The lowest BCUT2D eigenvalue weighted by Gasteiger charge is -2.16. The maximum absolute atomic E-state index is 12.3. The van der Waals surface area contributed by atoms with Crippen LogP contribution in [-0.4, -0.2) is 24.8 Å². The van der Waals surface area contributed by atoms with Gasteiger partial charge < -0.3 is 10.1 Å². The van der Waals surface area contributed by atoms with E-state index in [-0.39, 0.29) is 29.9 Å². The van der Waals surface area contributed by atoms with E-state index >= 15 is 0 Å². The van der Waals surface area contributed by atoms with E-state index in [2.05, 4.69) is 17.4 Å². The van der Waals surface area contributed by atoms with Crippen molar-refractivity contribution in [3.05, 3.63) is 65.7 Å². The molecule has 0 saturated heterocycles. The molecule has 1 fully saturated rings. The average molecular weight is 365 g/mol. The van der Waals surface area contributed by atoms with E-state index in [1.165, 1.54) is 5.56 Å². The minimum absolute atomic E-state index is 0.0172. The zero-order chi connectivity index (χ0) is 19.1. The molecule has 0 unspecified atom stereocenters. The molecule has 2 aromatic carbocycles. The van der Waals surface area contributed by atoms with Gasteiger partial charge in [0.05, 0.1) is 6.61 Å². The fraction of sp³-hybridized carbons (Fsp3) is 0.391. The van der Waals surface area contributed by atoms with Crippen molar-refractivity contribution in [2.75, 3.05) is 13.2 Å². The largest absolute Gasteiger partial charge is 0.494 e. The third-order valence-electron chi connectivity index (χ3n) is 5.09. The van der Waals surface area contributed by atoms with Crippen LogP contribution in [0.3, 0.4) is 0 Å². The van der Waals surface area contributed by atoms with Crippen LogP contribution >= 0.6 is 0 Å². The Kier molecular flexibility index (Phi) is 6.28. The van der Waals surface area contributed by atoms with Gasteiger partial charge in [-0.15, -0.1) is 0 Å². The van der Waals surface area contributed by atoms with Crippen LogP contribution < -0.4 is 10.1 Å². The Bertz CT molecular complexity index is 764. The summed E-state index contributed by atoms with van der Waals surface area (Å²) in [5.41, 5.74) is 2.00. The number of carbonyl (C=O) groups excluding carboxylic acids is 2. The molecule has 1 aliphatic rings. The smallest absolute Gasteiger partial charge is 0.220 e. The van der Waals surface area contributed by atoms with Gasteiger partial charge in [0.2, 0.25) is 5.91 Å². The topological polar surface area (TPSA) is 55.4 Å². The molecule has 27 heavy (non-hydrogen) atoms. The van der Waals surface area contributed by atoms with E-state index in [1.807, 2.05) is 25.1 Å². The molecule has 1 saturated carbocycles. The standard InChI is InChI=1S/C23H27NO3/c1-2-16-27-20-10-8-18(9-11-20)21(25)12-13-22(26)24-17-23(14-15-23)19-6-4-3-5-7-19/h3-11H,2,12-17H2,1H3,(H,24,26). The fourth-order valence-electron chi connectivity index (χ4n) is 3.19. The van der Waals surface area contributed by atoms with E-state index in [0.29, 0.717) is 18.7 Å². The first-order valence-corrected chi connectivity index (χ1v) is 9.71. The number of ether oxygens (including phenoxy) is 1. The maximum atomic E-state index is 12.3. The highest BCUT2D eigenvalue weighted by Crippen LogP contribution is 2.47. The number of nitrogens with one attached hydrogen (secondary N) is 1. The zero-order valence-electron chi connectivity index (χ0n) is 15.9. The average Bonchev–Trinajstić information content (AvgIpc) is 3.51. The first-order valence-electron chi connectivity index (χ1n) is 9.71. The molecule has 4 heteroatoms. The number of Topliss-reactive ketones (excluding diaryl/α,β-unsaturated/α-hetero) is 1. The third-order valence-corrected chi connectivity index (χ3v) is 5.09. The summed E-state index contributed by atoms with van der Waals surface area (Å²) in [6, 6.07) is 17.5. The summed E-state index contributed by atoms with van der Waals surface area (Å²) in [6.45, 7) is 3.36. The van der Waals surface area contributed by atoms with Gasteiger partial charge >= 0.3 is 0 Å². The van der Waals surface area contributed by atoms with Gasteiger partial charge in [0.25, 0.3) is 0 Å². The molecule has 1 amide bonds. The second-order valence-electron chi connectivity index (χ2n) is 7.22. The molecule has 2 aromatic rings. The Balaban J connectivity index is 1.43. The molecule has 1 aliphatic carbocycles. The molecule has 4 nitrogen and oxygen atoms in total. The van der Waals surface area contributed by atoms with Gasteiger partial charge in [0, 0.05) is 30.4 Å². The summed E-state index contributed by atoms with van der Waals surface area (Å²) in [5, 5.41) is 3.01. The summed E-state index contributed by atoms with van der Waals surface area (Å²) in [4.78, 5) is 24.5. The monoisotopic (exact) mass is 365 g/mol. The van der Waals surface area contributed by atoms with Gasteiger partial charge in [-0.3, -0.25) is 9.59 Å². The summed E-state index contributed by atoms with van der Waals surface area (Å²) >= 11 is 0. The summed E-state index contributed by atoms with van der Waals surface area (Å²) in [5.74, 6) is 0.687. The second-order valence-corrected chi connectivity index (χ2v) is 7.22. The molecular weight excluding hydrogens is 338 g/mol. The van der Waals surface area contributed by atoms with Crippen molar-refractivity contribution in [2.45, 2.75) is 44.4 Å². The van der Waals surface area contributed by atoms with Crippen LogP contribution in [0.5, 0.6) is 5.75 Å². The summed E-state index contributed by atoms with van der Waals surface area (Å²) in [7, 11) is 0.